The molecule has 0 aromatic heterocycles. The fourth-order valence-electron chi connectivity index (χ4n) is 2.89. The predicted molar refractivity (Wildman–Crippen MR) is 95.8 cm³/mol. The van der Waals surface area contributed by atoms with Gasteiger partial charge in [0.2, 0.25) is 5.91 Å². The third-order valence-electron chi connectivity index (χ3n) is 4.46. The molecule has 2 N–H and O–H groups in total. The summed E-state index contributed by atoms with van der Waals surface area (Å²) in [6, 6.07) is 7.08. The van der Waals surface area contributed by atoms with Gasteiger partial charge in [-0.05, 0) is 44.0 Å². The number of hydrogen-bond acceptors (Lipinski definition) is 4. The van der Waals surface area contributed by atoms with E-state index in [-0.39, 0.29) is 23.9 Å². The Labute approximate surface area is 148 Å². The third-order valence-corrected chi connectivity index (χ3v) is 4.46. The van der Waals surface area contributed by atoms with Crippen molar-refractivity contribution in [2.75, 3.05) is 39.2 Å². The average molecular weight is 349 g/mol. The molecule has 0 aliphatic carbocycles. The van der Waals surface area contributed by atoms with Crippen LogP contribution in [-0.4, -0.2) is 56.8 Å². The molecule has 1 fully saturated rings. The van der Waals surface area contributed by atoms with Gasteiger partial charge >= 0.3 is 6.03 Å². The number of carbonyl (C=O) groups is 2. The zero-order chi connectivity index (χ0) is 18.2. The van der Waals surface area contributed by atoms with Crippen molar-refractivity contribution in [2.24, 2.45) is 5.92 Å². The molecule has 1 aliphatic heterocycles. The van der Waals surface area contributed by atoms with Gasteiger partial charge in [0, 0.05) is 31.9 Å². The number of likely N-dealkylation sites (tertiary alicyclic amines) is 1. The standard InChI is InChI=1S/C18H27N3O4/c1-13-4-5-14(17(22)19-10-11-24-2)12-21(13)18(23)20-15-6-8-16(25-3)9-7-15/h6-9,13-14H,4-5,10-12H2,1-3H3,(H,19,22)(H,20,23)/t13-,14-/m0/s1. The monoisotopic (exact) mass is 349 g/mol. The summed E-state index contributed by atoms with van der Waals surface area (Å²) in [4.78, 5) is 26.6. The lowest BCUT2D eigenvalue weighted by Gasteiger charge is -2.37. The minimum atomic E-state index is -0.188. The van der Waals surface area contributed by atoms with Crippen molar-refractivity contribution in [1.82, 2.24) is 10.2 Å². The SMILES string of the molecule is COCCNC(=O)[C@H]1CC[C@H](C)N(C(=O)Nc2ccc(OC)cc2)C1. The summed E-state index contributed by atoms with van der Waals surface area (Å²) in [6.07, 6.45) is 1.59. The Hall–Kier alpha value is -2.28. The van der Waals surface area contributed by atoms with E-state index >= 15 is 0 Å². The van der Waals surface area contributed by atoms with Crippen molar-refractivity contribution in [2.45, 2.75) is 25.8 Å². The first-order valence-corrected chi connectivity index (χ1v) is 8.53. The minimum Gasteiger partial charge on any atom is -0.497 e. The molecule has 2 atom stereocenters. The maximum Gasteiger partial charge on any atom is 0.322 e. The van der Waals surface area contributed by atoms with Crippen LogP contribution in [-0.2, 0) is 9.53 Å². The average Bonchev–Trinajstić information content (AvgIpc) is 2.62. The van der Waals surface area contributed by atoms with Gasteiger partial charge in [0.05, 0.1) is 19.6 Å². The summed E-state index contributed by atoms with van der Waals surface area (Å²) in [6.45, 7) is 3.39. The number of nitrogens with one attached hydrogen (secondary N) is 2. The number of rotatable bonds is 6. The van der Waals surface area contributed by atoms with E-state index in [9.17, 15) is 9.59 Å². The molecule has 0 spiro atoms. The fraction of sp³-hybridized carbons (Fsp3) is 0.556. The first-order valence-electron chi connectivity index (χ1n) is 8.53. The Morgan fingerprint density at radius 1 is 1.20 bits per heavy atom. The fourth-order valence-corrected chi connectivity index (χ4v) is 2.89. The maximum absolute atomic E-state index is 12.6. The summed E-state index contributed by atoms with van der Waals surface area (Å²) in [5, 5.41) is 5.74. The molecule has 7 heteroatoms. The molecular weight excluding hydrogens is 322 g/mol. The smallest absolute Gasteiger partial charge is 0.322 e. The van der Waals surface area contributed by atoms with Gasteiger partial charge in [-0.15, -0.1) is 0 Å². The number of nitrogens with zero attached hydrogens (tertiary/aromatic N) is 1. The third kappa shape index (κ3) is 5.35. The van der Waals surface area contributed by atoms with Crippen molar-refractivity contribution >= 4 is 17.6 Å². The quantitative estimate of drug-likeness (QED) is 0.771. The molecule has 1 saturated heterocycles. The molecule has 1 aromatic carbocycles. The Morgan fingerprint density at radius 3 is 2.56 bits per heavy atom. The Balaban J connectivity index is 1.93. The second-order valence-corrected chi connectivity index (χ2v) is 6.22. The van der Waals surface area contributed by atoms with Gasteiger partial charge in [0.1, 0.15) is 5.75 Å². The van der Waals surface area contributed by atoms with Crippen LogP contribution in [0.5, 0.6) is 5.75 Å². The lowest BCUT2D eigenvalue weighted by molar-refractivity contribution is -0.126. The molecule has 0 unspecified atom stereocenters. The van der Waals surface area contributed by atoms with Crippen LogP contribution >= 0.6 is 0 Å². The van der Waals surface area contributed by atoms with Crippen molar-refractivity contribution in [1.29, 1.82) is 0 Å². The minimum absolute atomic E-state index is 0.0220. The number of benzene rings is 1. The molecule has 138 valence electrons. The number of methoxy groups -OCH3 is 2. The lowest BCUT2D eigenvalue weighted by atomic mass is 9.93. The van der Waals surface area contributed by atoms with Crippen LogP contribution < -0.4 is 15.4 Å². The van der Waals surface area contributed by atoms with Gasteiger partial charge in [0.25, 0.3) is 0 Å². The molecule has 2 rings (SSSR count). The largest absolute Gasteiger partial charge is 0.497 e. The van der Waals surface area contributed by atoms with Crippen molar-refractivity contribution < 1.29 is 19.1 Å². The highest BCUT2D eigenvalue weighted by molar-refractivity contribution is 5.90. The zero-order valence-electron chi connectivity index (χ0n) is 15.1. The number of amides is 3. The van der Waals surface area contributed by atoms with E-state index in [1.54, 1.807) is 43.4 Å². The van der Waals surface area contributed by atoms with E-state index in [1.807, 2.05) is 6.92 Å². The molecule has 1 aromatic rings. The number of urea groups is 1. The molecule has 7 nitrogen and oxygen atoms in total. The Kier molecular flexibility index (Phi) is 7.06. The lowest BCUT2D eigenvalue weighted by Crippen LogP contribution is -2.51. The second kappa shape index (κ2) is 9.27. The number of carbonyl (C=O) groups excluding carboxylic acids is 2. The molecule has 0 saturated carbocycles. The Bertz CT molecular complexity index is 576. The summed E-state index contributed by atoms with van der Waals surface area (Å²) < 4.78 is 10.1. The van der Waals surface area contributed by atoms with Crippen LogP contribution in [0, 0.1) is 5.92 Å². The van der Waals surface area contributed by atoms with Crippen molar-refractivity contribution in [3.05, 3.63) is 24.3 Å². The normalized spacial score (nSPS) is 20.0. The number of piperidine rings is 1. The van der Waals surface area contributed by atoms with E-state index in [0.717, 1.165) is 18.6 Å². The van der Waals surface area contributed by atoms with E-state index in [0.29, 0.717) is 25.4 Å². The number of hydrogen-bond donors (Lipinski definition) is 2. The van der Waals surface area contributed by atoms with Gasteiger partial charge in [-0.25, -0.2) is 4.79 Å². The van der Waals surface area contributed by atoms with Crippen LogP contribution in [0.25, 0.3) is 0 Å². The summed E-state index contributed by atoms with van der Waals surface area (Å²) in [5.41, 5.74) is 0.699. The molecule has 25 heavy (non-hydrogen) atoms. The highest BCUT2D eigenvalue weighted by Crippen LogP contribution is 2.23. The van der Waals surface area contributed by atoms with Gasteiger partial charge < -0.3 is 25.0 Å². The Morgan fingerprint density at radius 2 is 1.92 bits per heavy atom. The van der Waals surface area contributed by atoms with Gasteiger partial charge in [-0.3, -0.25) is 4.79 Å². The predicted octanol–water partition coefficient (Wildman–Crippen LogP) is 2.09. The van der Waals surface area contributed by atoms with Crippen molar-refractivity contribution in [3.8, 4) is 5.75 Å². The summed E-state index contributed by atoms with van der Waals surface area (Å²) in [5.74, 6) is 0.526. The van der Waals surface area contributed by atoms with Crippen LogP contribution in [0.1, 0.15) is 19.8 Å². The van der Waals surface area contributed by atoms with Crippen LogP contribution in [0.4, 0.5) is 10.5 Å². The molecular formula is C18H27N3O4. The van der Waals surface area contributed by atoms with Crippen LogP contribution in [0.3, 0.4) is 0 Å². The molecule has 0 bridgehead atoms. The van der Waals surface area contributed by atoms with E-state index < -0.39 is 0 Å². The highest BCUT2D eigenvalue weighted by atomic mass is 16.5. The van der Waals surface area contributed by atoms with E-state index in [4.69, 9.17) is 9.47 Å². The number of anilines is 1. The summed E-state index contributed by atoms with van der Waals surface area (Å²) in [7, 11) is 3.19. The van der Waals surface area contributed by atoms with Gasteiger partial charge in [0.15, 0.2) is 0 Å². The molecule has 0 radical (unpaired) electrons. The zero-order valence-corrected chi connectivity index (χ0v) is 15.1. The van der Waals surface area contributed by atoms with Crippen molar-refractivity contribution in [3.63, 3.8) is 0 Å². The first-order chi connectivity index (χ1) is 12.0. The maximum atomic E-state index is 12.6. The van der Waals surface area contributed by atoms with E-state index in [1.165, 1.54) is 0 Å². The molecule has 1 heterocycles. The van der Waals surface area contributed by atoms with E-state index in [2.05, 4.69) is 10.6 Å². The second-order valence-electron chi connectivity index (χ2n) is 6.22. The first kappa shape index (κ1) is 19.1. The number of ether oxygens (including phenoxy) is 2. The molecule has 3 amide bonds. The van der Waals surface area contributed by atoms with Crippen LogP contribution in [0.2, 0.25) is 0 Å². The van der Waals surface area contributed by atoms with Gasteiger partial charge in [-0.2, -0.15) is 0 Å². The highest BCUT2D eigenvalue weighted by Gasteiger charge is 2.32. The molecule has 1 aliphatic rings. The van der Waals surface area contributed by atoms with Crippen LogP contribution in [0.15, 0.2) is 24.3 Å². The summed E-state index contributed by atoms with van der Waals surface area (Å²) >= 11 is 0. The topological polar surface area (TPSA) is 79.9 Å². The van der Waals surface area contributed by atoms with Gasteiger partial charge in [-0.1, -0.05) is 0 Å².